The van der Waals surface area contributed by atoms with E-state index in [0.717, 1.165) is 30.9 Å². The van der Waals surface area contributed by atoms with E-state index >= 15 is 0 Å². The molecule has 18 heavy (non-hydrogen) atoms. The van der Waals surface area contributed by atoms with E-state index in [9.17, 15) is 4.79 Å². The van der Waals surface area contributed by atoms with E-state index in [2.05, 4.69) is 12.2 Å². The Balaban J connectivity index is 2.06. The Morgan fingerprint density at radius 1 is 1.44 bits per heavy atom. The number of para-hydroxylation sites is 2. The third-order valence-corrected chi connectivity index (χ3v) is 3.10. The zero-order chi connectivity index (χ0) is 13.0. The third kappa shape index (κ3) is 2.58. The molecule has 1 N–H and O–H groups in total. The summed E-state index contributed by atoms with van der Waals surface area (Å²) in [5.74, 6) is 0.830. The van der Waals surface area contributed by atoms with Gasteiger partial charge in [0, 0.05) is 13.1 Å². The van der Waals surface area contributed by atoms with Gasteiger partial charge in [0.2, 0.25) is 0 Å². The Kier molecular flexibility index (Phi) is 4.07. The molecule has 0 fully saturated rings. The predicted molar refractivity (Wildman–Crippen MR) is 71.9 cm³/mol. The van der Waals surface area contributed by atoms with Crippen LogP contribution in [0.1, 0.15) is 20.3 Å². The molecule has 0 bridgehead atoms. The van der Waals surface area contributed by atoms with E-state index in [-0.39, 0.29) is 5.91 Å². The number of carbonyl (C=O) groups excluding carboxylic acids is 1. The monoisotopic (exact) mass is 248 g/mol. The number of ether oxygens (including phenoxy) is 1. The van der Waals surface area contributed by atoms with Gasteiger partial charge in [-0.2, -0.15) is 0 Å². The van der Waals surface area contributed by atoms with E-state index in [1.54, 1.807) is 0 Å². The highest BCUT2D eigenvalue weighted by atomic mass is 16.5. The normalized spacial score (nSPS) is 17.3. The summed E-state index contributed by atoms with van der Waals surface area (Å²) in [5, 5.41) is 3.24. The van der Waals surface area contributed by atoms with Gasteiger partial charge in [0.1, 0.15) is 5.75 Å². The minimum atomic E-state index is -0.411. The van der Waals surface area contributed by atoms with Crippen molar-refractivity contribution in [1.29, 1.82) is 0 Å². The molecule has 1 heterocycles. The van der Waals surface area contributed by atoms with Gasteiger partial charge in [-0.05, 0) is 25.5 Å². The number of hydrogen-bond donors (Lipinski definition) is 1. The van der Waals surface area contributed by atoms with Crippen molar-refractivity contribution in [3.8, 4) is 5.75 Å². The zero-order valence-electron chi connectivity index (χ0n) is 11.0. The fourth-order valence-electron chi connectivity index (χ4n) is 2.15. The largest absolute Gasteiger partial charge is 0.477 e. The summed E-state index contributed by atoms with van der Waals surface area (Å²) in [6.45, 7) is 6.13. The lowest BCUT2D eigenvalue weighted by Gasteiger charge is -2.30. The first-order chi connectivity index (χ1) is 8.76. The molecule has 0 radical (unpaired) electrons. The molecule has 0 aromatic heterocycles. The molecule has 4 heteroatoms. The molecule has 0 saturated heterocycles. The minimum Gasteiger partial charge on any atom is -0.477 e. The molecule has 1 amide bonds. The lowest BCUT2D eigenvalue weighted by Crippen LogP contribution is -2.47. The van der Waals surface area contributed by atoms with Crippen molar-refractivity contribution in [3.05, 3.63) is 24.3 Å². The summed E-state index contributed by atoms with van der Waals surface area (Å²) in [5.41, 5.74) is 0.958. The fourth-order valence-corrected chi connectivity index (χ4v) is 2.15. The van der Waals surface area contributed by atoms with Crippen LogP contribution in [-0.2, 0) is 4.79 Å². The maximum atomic E-state index is 12.3. The summed E-state index contributed by atoms with van der Waals surface area (Å²) < 4.78 is 5.77. The van der Waals surface area contributed by atoms with Crippen molar-refractivity contribution in [3.63, 3.8) is 0 Å². The summed E-state index contributed by atoms with van der Waals surface area (Å²) in [4.78, 5) is 14.1. The van der Waals surface area contributed by atoms with Crippen LogP contribution in [0.2, 0.25) is 0 Å². The van der Waals surface area contributed by atoms with E-state index < -0.39 is 6.10 Å². The van der Waals surface area contributed by atoms with Crippen LogP contribution in [0.25, 0.3) is 0 Å². The second kappa shape index (κ2) is 5.76. The van der Waals surface area contributed by atoms with E-state index in [1.165, 1.54) is 0 Å². The fraction of sp³-hybridized carbons (Fsp3) is 0.500. The third-order valence-electron chi connectivity index (χ3n) is 3.10. The maximum absolute atomic E-state index is 12.3. The molecule has 1 aliphatic rings. The first kappa shape index (κ1) is 12.7. The van der Waals surface area contributed by atoms with Crippen LogP contribution in [0.5, 0.6) is 5.75 Å². The van der Waals surface area contributed by atoms with Crippen molar-refractivity contribution in [2.24, 2.45) is 0 Å². The number of rotatable bonds is 4. The number of nitrogens with zero attached hydrogens (tertiary/aromatic N) is 1. The molecule has 0 aliphatic carbocycles. The Morgan fingerprint density at radius 3 is 2.94 bits per heavy atom. The number of fused-ring (bicyclic) bond motifs is 1. The Hall–Kier alpha value is -1.71. The number of nitrogens with one attached hydrogen (secondary N) is 1. The van der Waals surface area contributed by atoms with Crippen molar-refractivity contribution in [1.82, 2.24) is 4.90 Å². The van der Waals surface area contributed by atoms with Crippen LogP contribution in [0, 0.1) is 0 Å². The Bertz CT molecular complexity index is 420. The number of anilines is 1. The van der Waals surface area contributed by atoms with Crippen molar-refractivity contribution < 1.29 is 9.53 Å². The van der Waals surface area contributed by atoms with Crippen molar-refractivity contribution >= 4 is 11.6 Å². The van der Waals surface area contributed by atoms with Gasteiger partial charge in [0.15, 0.2) is 6.10 Å². The second-order valence-electron chi connectivity index (χ2n) is 4.40. The molecule has 4 nitrogen and oxygen atoms in total. The van der Waals surface area contributed by atoms with Crippen LogP contribution < -0.4 is 10.1 Å². The van der Waals surface area contributed by atoms with Crippen LogP contribution >= 0.6 is 0 Å². The molecule has 0 spiro atoms. The van der Waals surface area contributed by atoms with Gasteiger partial charge in [0.05, 0.1) is 12.2 Å². The topological polar surface area (TPSA) is 41.6 Å². The van der Waals surface area contributed by atoms with Gasteiger partial charge in [-0.25, -0.2) is 0 Å². The number of hydrogen-bond acceptors (Lipinski definition) is 3. The lowest BCUT2D eigenvalue weighted by molar-refractivity contribution is -0.138. The van der Waals surface area contributed by atoms with Crippen LogP contribution in [0.3, 0.4) is 0 Å². The molecule has 1 aromatic carbocycles. The van der Waals surface area contributed by atoms with Gasteiger partial charge in [0.25, 0.3) is 5.91 Å². The summed E-state index contributed by atoms with van der Waals surface area (Å²) in [7, 11) is 0. The van der Waals surface area contributed by atoms with E-state index in [0.29, 0.717) is 6.54 Å². The first-order valence-electron chi connectivity index (χ1n) is 6.54. The quantitative estimate of drug-likeness (QED) is 0.887. The van der Waals surface area contributed by atoms with Crippen LogP contribution in [-0.4, -0.2) is 36.5 Å². The molecule has 0 saturated carbocycles. The molecule has 1 atom stereocenters. The maximum Gasteiger partial charge on any atom is 0.265 e. The van der Waals surface area contributed by atoms with Gasteiger partial charge in [-0.15, -0.1) is 0 Å². The standard InChI is InChI=1S/C14H20N2O2/c1-3-9-16(4-2)14(17)13-10-15-11-7-5-6-8-12(11)18-13/h5-8,13,15H,3-4,9-10H2,1-2H3. The predicted octanol–water partition coefficient (Wildman–Crippen LogP) is 2.12. The van der Waals surface area contributed by atoms with Gasteiger partial charge in [-0.3, -0.25) is 4.79 Å². The summed E-state index contributed by atoms with van der Waals surface area (Å²) in [6.07, 6.45) is 0.558. The SMILES string of the molecule is CCCN(CC)C(=O)C1CNc2ccccc2O1. The highest BCUT2D eigenvalue weighted by Crippen LogP contribution is 2.28. The van der Waals surface area contributed by atoms with E-state index in [4.69, 9.17) is 4.74 Å². The number of carbonyl (C=O) groups is 1. The molecule has 1 aliphatic heterocycles. The number of likely N-dealkylation sites (N-methyl/N-ethyl adjacent to an activating group) is 1. The lowest BCUT2D eigenvalue weighted by atomic mass is 10.2. The highest BCUT2D eigenvalue weighted by molar-refractivity contribution is 5.83. The molecule has 2 rings (SSSR count). The van der Waals surface area contributed by atoms with Crippen molar-refractivity contribution in [2.75, 3.05) is 25.0 Å². The number of amides is 1. The molecular formula is C14H20N2O2. The average molecular weight is 248 g/mol. The average Bonchev–Trinajstić information content (AvgIpc) is 2.43. The zero-order valence-corrected chi connectivity index (χ0v) is 11.0. The molecule has 98 valence electrons. The minimum absolute atomic E-state index is 0.0707. The van der Waals surface area contributed by atoms with Crippen LogP contribution in [0.15, 0.2) is 24.3 Å². The Labute approximate surface area is 108 Å². The molecular weight excluding hydrogens is 228 g/mol. The number of benzene rings is 1. The highest BCUT2D eigenvalue weighted by Gasteiger charge is 2.28. The van der Waals surface area contributed by atoms with Crippen molar-refractivity contribution in [2.45, 2.75) is 26.4 Å². The molecule has 1 aromatic rings. The summed E-state index contributed by atoms with van der Waals surface area (Å²) in [6, 6.07) is 7.71. The van der Waals surface area contributed by atoms with Crippen LogP contribution in [0.4, 0.5) is 5.69 Å². The van der Waals surface area contributed by atoms with Gasteiger partial charge >= 0.3 is 0 Å². The first-order valence-corrected chi connectivity index (χ1v) is 6.54. The smallest absolute Gasteiger partial charge is 0.265 e. The Morgan fingerprint density at radius 2 is 2.22 bits per heavy atom. The second-order valence-corrected chi connectivity index (χ2v) is 4.40. The van der Waals surface area contributed by atoms with Gasteiger partial charge < -0.3 is 15.0 Å². The van der Waals surface area contributed by atoms with E-state index in [1.807, 2.05) is 36.1 Å². The summed E-state index contributed by atoms with van der Waals surface area (Å²) >= 11 is 0. The molecule has 1 unspecified atom stereocenters. The van der Waals surface area contributed by atoms with Gasteiger partial charge in [-0.1, -0.05) is 19.1 Å².